The number of aryl methyl sites for hydroxylation is 2. The average Bonchev–Trinajstić information content (AvgIpc) is 3.28. The van der Waals surface area contributed by atoms with Gasteiger partial charge < -0.3 is 5.32 Å². The summed E-state index contributed by atoms with van der Waals surface area (Å²) in [4.78, 5) is 21.9. The van der Waals surface area contributed by atoms with Gasteiger partial charge in [0.05, 0.1) is 22.5 Å². The van der Waals surface area contributed by atoms with Crippen LogP contribution in [0.15, 0.2) is 85.3 Å². The van der Waals surface area contributed by atoms with E-state index < -0.39 is 0 Å². The zero-order valence-corrected chi connectivity index (χ0v) is 18.5. The second kappa shape index (κ2) is 8.67. The third-order valence-corrected chi connectivity index (χ3v) is 5.54. The number of hydrogen-bond acceptors (Lipinski definition) is 4. The lowest BCUT2D eigenvalue weighted by atomic mass is 10.0. The zero-order valence-electron chi connectivity index (χ0n) is 18.5. The van der Waals surface area contributed by atoms with Crippen LogP contribution in [0.5, 0.6) is 0 Å². The Morgan fingerprint density at radius 3 is 2.55 bits per heavy atom. The van der Waals surface area contributed by atoms with Crippen LogP contribution in [0.2, 0.25) is 0 Å². The minimum Gasteiger partial charge on any atom is -0.348 e. The summed E-state index contributed by atoms with van der Waals surface area (Å²) in [7, 11) is 0. The lowest BCUT2D eigenvalue weighted by Crippen LogP contribution is -2.23. The Morgan fingerprint density at radius 2 is 1.76 bits per heavy atom. The minimum absolute atomic E-state index is 0.135. The van der Waals surface area contributed by atoms with Crippen LogP contribution in [0.4, 0.5) is 0 Å². The van der Waals surface area contributed by atoms with Gasteiger partial charge in [-0.3, -0.25) is 14.8 Å². The molecule has 0 aliphatic rings. The van der Waals surface area contributed by atoms with Crippen molar-refractivity contribution >= 4 is 16.8 Å². The molecule has 0 aliphatic carbocycles. The van der Waals surface area contributed by atoms with Gasteiger partial charge in [0, 0.05) is 47.3 Å². The molecule has 6 nitrogen and oxygen atoms in total. The summed E-state index contributed by atoms with van der Waals surface area (Å²) >= 11 is 0. The number of carbonyl (C=O) groups excluding carboxylic acids is 1. The van der Waals surface area contributed by atoms with Crippen LogP contribution in [-0.2, 0) is 6.54 Å². The number of carbonyl (C=O) groups is 1. The van der Waals surface area contributed by atoms with Crippen LogP contribution in [0, 0.1) is 13.8 Å². The number of rotatable bonds is 5. The van der Waals surface area contributed by atoms with E-state index in [2.05, 4.69) is 15.3 Å². The van der Waals surface area contributed by atoms with Gasteiger partial charge in [-0.1, -0.05) is 29.8 Å². The van der Waals surface area contributed by atoms with Crippen molar-refractivity contribution in [3.8, 4) is 16.9 Å². The Morgan fingerprint density at radius 1 is 0.970 bits per heavy atom. The number of pyridine rings is 2. The van der Waals surface area contributed by atoms with Crippen molar-refractivity contribution in [1.82, 2.24) is 25.1 Å². The number of benzene rings is 2. The SMILES string of the molecule is Cc1ccc2nc(C)cc(C(=O)NCc3cn(-c4ccccc4)nc3-c3ccncc3)c2c1. The van der Waals surface area contributed by atoms with Gasteiger partial charge in [0.2, 0.25) is 0 Å². The fraction of sp³-hybridized carbons (Fsp3) is 0.111. The molecule has 3 heterocycles. The molecule has 1 N–H and O–H groups in total. The van der Waals surface area contributed by atoms with Crippen LogP contribution in [0.3, 0.4) is 0 Å². The van der Waals surface area contributed by atoms with Gasteiger partial charge in [-0.25, -0.2) is 4.68 Å². The topological polar surface area (TPSA) is 72.7 Å². The molecule has 2 aromatic carbocycles. The molecule has 5 aromatic rings. The molecule has 5 rings (SSSR count). The van der Waals surface area contributed by atoms with Gasteiger partial charge in [0.15, 0.2) is 0 Å². The summed E-state index contributed by atoms with van der Waals surface area (Å²) in [6, 6.07) is 21.6. The van der Waals surface area contributed by atoms with E-state index in [1.807, 2.05) is 91.5 Å². The molecular formula is C27H23N5O. The second-order valence-corrected chi connectivity index (χ2v) is 8.03. The van der Waals surface area contributed by atoms with Gasteiger partial charge in [-0.05, 0) is 56.3 Å². The van der Waals surface area contributed by atoms with Gasteiger partial charge in [0.25, 0.3) is 5.91 Å². The first-order chi connectivity index (χ1) is 16.1. The second-order valence-electron chi connectivity index (χ2n) is 8.03. The monoisotopic (exact) mass is 433 g/mol. The maximum absolute atomic E-state index is 13.2. The number of fused-ring (bicyclic) bond motifs is 1. The number of aromatic nitrogens is 4. The molecule has 0 fully saturated rings. The fourth-order valence-corrected chi connectivity index (χ4v) is 3.94. The number of hydrogen-bond donors (Lipinski definition) is 1. The van der Waals surface area contributed by atoms with Gasteiger partial charge in [0.1, 0.15) is 0 Å². The van der Waals surface area contributed by atoms with Gasteiger partial charge in [-0.15, -0.1) is 0 Å². The fourth-order valence-electron chi connectivity index (χ4n) is 3.94. The highest BCUT2D eigenvalue weighted by molar-refractivity contribution is 6.06. The Balaban J connectivity index is 1.49. The van der Waals surface area contributed by atoms with Crippen LogP contribution in [0.25, 0.3) is 27.8 Å². The molecule has 0 atom stereocenters. The summed E-state index contributed by atoms with van der Waals surface area (Å²) < 4.78 is 1.84. The van der Waals surface area contributed by atoms with Crippen LogP contribution < -0.4 is 5.32 Å². The highest BCUT2D eigenvalue weighted by Gasteiger charge is 2.16. The zero-order chi connectivity index (χ0) is 22.8. The van der Waals surface area contributed by atoms with Crippen LogP contribution >= 0.6 is 0 Å². The molecule has 3 aromatic heterocycles. The van der Waals surface area contributed by atoms with Crippen LogP contribution in [-0.4, -0.2) is 25.7 Å². The van der Waals surface area contributed by atoms with Crippen LogP contribution in [0.1, 0.15) is 27.2 Å². The van der Waals surface area contributed by atoms with Crippen molar-refractivity contribution in [2.45, 2.75) is 20.4 Å². The first-order valence-electron chi connectivity index (χ1n) is 10.8. The average molecular weight is 434 g/mol. The van der Waals surface area contributed by atoms with Gasteiger partial charge >= 0.3 is 0 Å². The lowest BCUT2D eigenvalue weighted by Gasteiger charge is -2.10. The van der Waals surface area contributed by atoms with Crippen molar-refractivity contribution in [2.24, 2.45) is 0 Å². The summed E-state index contributed by atoms with van der Waals surface area (Å²) in [5.41, 5.74) is 6.98. The molecule has 6 heteroatoms. The first-order valence-corrected chi connectivity index (χ1v) is 10.8. The molecule has 162 valence electrons. The van der Waals surface area contributed by atoms with E-state index in [1.165, 1.54) is 0 Å². The third-order valence-electron chi connectivity index (χ3n) is 5.54. The molecule has 0 bridgehead atoms. The predicted octanol–water partition coefficient (Wildman–Crippen LogP) is 5.03. The van der Waals surface area contributed by atoms with Crippen molar-refractivity contribution in [3.63, 3.8) is 0 Å². The van der Waals surface area contributed by atoms with Crippen molar-refractivity contribution in [1.29, 1.82) is 0 Å². The number of nitrogens with one attached hydrogen (secondary N) is 1. The van der Waals surface area contributed by atoms with E-state index in [-0.39, 0.29) is 5.91 Å². The number of nitrogens with zero attached hydrogens (tertiary/aromatic N) is 4. The van der Waals surface area contributed by atoms with Crippen molar-refractivity contribution in [3.05, 3.63) is 108 Å². The molecule has 33 heavy (non-hydrogen) atoms. The largest absolute Gasteiger partial charge is 0.348 e. The van der Waals surface area contributed by atoms with E-state index >= 15 is 0 Å². The van der Waals surface area contributed by atoms with E-state index in [1.54, 1.807) is 12.4 Å². The van der Waals surface area contributed by atoms with Crippen molar-refractivity contribution in [2.75, 3.05) is 0 Å². The molecule has 1 amide bonds. The summed E-state index contributed by atoms with van der Waals surface area (Å²) in [6.07, 6.45) is 5.45. The third kappa shape index (κ3) is 4.23. The number of amides is 1. The van der Waals surface area contributed by atoms with E-state index in [0.29, 0.717) is 12.1 Å². The lowest BCUT2D eigenvalue weighted by molar-refractivity contribution is 0.0952. The Bertz CT molecular complexity index is 1440. The quantitative estimate of drug-likeness (QED) is 0.422. The Labute approximate surface area is 192 Å². The van der Waals surface area contributed by atoms with E-state index in [4.69, 9.17) is 5.10 Å². The van der Waals surface area contributed by atoms with Crippen molar-refractivity contribution < 1.29 is 4.79 Å². The standard InChI is InChI=1S/C27H23N5O/c1-18-8-9-25-23(14-18)24(15-19(2)30-25)27(33)29-16-21-17-32(22-6-4-3-5-7-22)31-26(21)20-10-12-28-13-11-20/h3-15,17H,16H2,1-2H3,(H,29,33). The van der Waals surface area contributed by atoms with E-state index in [9.17, 15) is 4.79 Å². The smallest absolute Gasteiger partial charge is 0.252 e. The molecule has 0 saturated heterocycles. The Kier molecular flexibility index (Phi) is 5.40. The highest BCUT2D eigenvalue weighted by atomic mass is 16.1. The molecule has 0 radical (unpaired) electrons. The maximum atomic E-state index is 13.2. The maximum Gasteiger partial charge on any atom is 0.252 e. The molecule has 0 saturated carbocycles. The summed E-state index contributed by atoms with van der Waals surface area (Å²) in [5.74, 6) is -0.135. The molecule has 0 aliphatic heterocycles. The van der Waals surface area contributed by atoms with E-state index in [0.717, 1.165) is 44.7 Å². The molecule has 0 spiro atoms. The number of para-hydroxylation sites is 1. The molecular weight excluding hydrogens is 410 g/mol. The van der Waals surface area contributed by atoms with Gasteiger partial charge in [-0.2, -0.15) is 5.10 Å². The summed E-state index contributed by atoms with van der Waals surface area (Å²) in [5, 5.41) is 8.75. The Hall–Kier alpha value is -4.32. The first kappa shape index (κ1) is 20.6. The summed E-state index contributed by atoms with van der Waals surface area (Å²) in [6.45, 7) is 4.26. The molecule has 0 unspecified atom stereocenters. The predicted molar refractivity (Wildman–Crippen MR) is 129 cm³/mol. The normalized spacial score (nSPS) is 11.0. The highest BCUT2D eigenvalue weighted by Crippen LogP contribution is 2.24. The minimum atomic E-state index is -0.135.